The van der Waals surface area contributed by atoms with Crippen LogP contribution in [0.2, 0.25) is 0 Å². The van der Waals surface area contributed by atoms with E-state index in [-0.39, 0.29) is 22.8 Å². The monoisotopic (exact) mass is 333 g/mol. The molecule has 5 N–H and O–H groups in total. The summed E-state index contributed by atoms with van der Waals surface area (Å²) in [6.45, 7) is 2.21. The van der Waals surface area contributed by atoms with Gasteiger partial charge in [0.2, 0.25) is 5.91 Å². The molecule has 0 saturated carbocycles. The summed E-state index contributed by atoms with van der Waals surface area (Å²) < 4.78 is 5.09. The molecule has 122 valence electrons. The Labute approximate surface area is 138 Å². The van der Waals surface area contributed by atoms with Gasteiger partial charge in [-0.15, -0.1) is 0 Å². The van der Waals surface area contributed by atoms with Crippen molar-refractivity contribution in [2.24, 2.45) is 0 Å². The van der Waals surface area contributed by atoms with Gasteiger partial charge in [-0.3, -0.25) is 4.79 Å². The Morgan fingerprint density at radius 3 is 2.43 bits per heavy atom. The summed E-state index contributed by atoms with van der Waals surface area (Å²) in [7, 11) is 1.61. The molecule has 1 heterocycles. The number of anilines is 2. The average molecular weight is 333 g/mol. The molecule has 23 heavy (non-hydrogen) atoms. The number of amides is 1. The lowest BCUT2D eigenvalue weighted by Gasteiger charge is -2.12. The second-order valence-corrected chi connectivity index (χ2v) is 6.13. The van der Waals surface area contributed by atoms with Crippen molar-refractivity contribution in [2.45, 2.75) is 23.9 Å². The summed E-state index contributed by atoms with van der Waals surface area (Å²) in [6, 6.07) is 8.97. The first-order chi connectivity index (χ1) is 11.0. The highest BCUT2D eigenvalue weighted by Crippen LogP contribution is 2.21. The van der Waals surface area contributed by atoms with E-state index in [9.17, 15) is 4.79 Å². The van der Waals surface area contributed by atoms with Crippen LogP contribution in [0.4, 0.5) is 11.6 Å². The number of nitrogen functional groups attached to an aromatic ring is 2. The fraction of sp³-hybridized carbons (Fsp3) is 0.267. The zero-order valence-corrected chi connectivity index (χ0v) is 13.8. The van der Waals surface area contributed by atoms with E-state index >= 15 is 0 Å². The number of methoxy groups -OCH3 is 1. The van der Waals surface area contributed by atoms with E-state index in [2.05, 4.69) is 15.3 Å². The predicted octanol–water partition coefficient (Wildman–Crippen LogP) is 1.45. The Kier molecular flexibility index (Phi) is 5.64. The summed E-state index contributed by atoms with van der Waals surface area (Å²) in [5, 5.41) is 2.88. The topological polar surface area (TPSA) is 116 Å². The van der Waals surface area contributed by atoms with E-state index in [1.54, 1.807) is 14.0 Å². The van der Waals surface area contributed by atoms with Crippen molar-refractivity contribution < 1.29 is 9.53 Å². The van der Waals surface area contributed by atoms with Gasteiger partial charge in [0, 0.05) is 12.6 Å². The molecule has 1 unspecified atom stereocenters. The van der Waals surface area contributed by atoms with Gasteiger partial charge in [0.15, 0.2) is 5.16 Å². The van der Waals surface area contributed by atoms with E-state index in [0.29, 0.717) is 11.7 Å². The minimum Gasteiger partial charge on any atom is -0.497 e. The lowest BCUT2D eigenvalue weighted by molar-refractivity contribution is -0.120. The lowest BCUT2D eigenvalue weighted by atomic mass is 10.2. The number of ether oxygens (including phenoxy) is 1. The zero-order chi connectivity index (χ0) is 16.8. The molecule has 1 atom stereocenters. The third-order valence-corrected chi connectivity index (χ3v) is 3.98. The van der Waals surface area contributed by atoms with Crippen molar-refractivity contribution >= 4 is 29.3 Å². The highest BCUT2D eigenvalue weighted by molar-refractivity contribution is 8.00. The fourth-order valence-electron chi connectivity index (χ4n) is 1.80. The van der Waals surface area contributed by atoms with Crippen molar-refractivity contribution in [1.82, 2.24) is 15.3 Å². The summed E-state index contributed by atoms with van der Waals surface area (Å²) in [6.07, 6.45) is 0. The standard InChI is InChI=1S/C15H19N5O2S/c1-9(23-15-19-12(16)7-13(17)20-15)14(21)18-8-10-3-5-11(22-2)6-4-10/h3-7,9H,8H2,1-2H3,(H,18,21)(H4,16,17,19,20). The molecule has 0 aliphatic heterocycles. The zero-order valence-electron chi connectivity index (χ0n) is 12.9. The van der Waals surface area contributed by atoms with E-state index in [1.165, 1.54) is 17.8 Å². The van der Waals surface area contributed by atoms with Crippen LogP contribution in [0, 0.1) is 0 Å². The van der Waals surface area contributed by atoms with Gasteiger partial charge in [-0.05, 0) is 24.6 Å². The molecule has 0 bridgehead atoms. The number of benzene rings is 1. The van der Waals surface area contributed by atoms with Crippen LogP contribution in [0.15, 0.2) is 35.5 Å². The molecular weight excluding hydrogens is 314 g/mol. The van der Waals surface area contributed by atoms with E-state index in [0.717, 1.165) is 11.3 Å². The molecule has 0 spiro atoms. The highest BCUT2D eigenvalue weighted by atomic mass is 32.2. The average Bonchev–Trinajstić information content (AvgIpc) is 2.52. The maximum Gasteiger partial charge on any atom is 0.233 e. The molecule has 0 aliphatic carbocycles. The van der Waals surface area contributed by atoms with E-state index in [1.807, 2.05) is 24.3 Å². The van der Waals surface area contributed by atoms with Crippen LogP contribution in [0.1, 0.15) is 12.5 Å². The number of rotatable bonds is 6. The molecule has 7 nitrogen and oxygen atoms in total. The second kappa shape index (κ2) is 7.68. The Hall–Kier alpha value is -2.48. The SMILES string of the molecule is COc1ccc(CNC(=O)C(C)Sc2nc(N)cc(N)n2)cc1. The van der Waals surface area contributed by atoms with Gasteiger partial charge in [-0.1, -0.05) is 23.9 Å². The summed E-state index contributed by atoms with van der Waals surface area (Å²) >= 11 is 1.21. The summed E-state index contributed by atoms with van der Waals surface area (Å²) in [5.74, 6) is 1.23. The van der Waals surface area contributed by atoms with Crippen LogP contribution < -0.4 is 21.5 Å². The number of hydrogen-bond acceptors (Lipinski definition) is 7. The summed E-state index contributed by atoms with van der Waals surface area (Å²) in [4.78, 5) is 20.2. The fourth-order valence-corrected chi connectivity index (χ4v) is 2.63. The van der Waals surface area contributed by atoms with Crippen LogP contribution in [-0.2, 0) is 11.3 Å². The third kappa shape index (κ3) is 5.03. The molecule has 0 saturated heterocycles. The first kappa shape index (κ1) is 16.9. The number of carbonyl (C=O) groups excluding carboxylic acids is 1. The Balaban J connectivity index is 1.89. The largest absolute Gasteiger partial charge is 0.497 e. The molecule has 2 aromatic rings. The number of carbonyl (C=O) groups is 1. The maximum atomic E-state index is 12.1. The number of nitrogens with zero attached hydrogens (tertiary/aromatic N) is 2. The molecule has 0 radical (unpaired) electrons. The maximum absolute atomic E-state index is 12.1. The number of hydrogen-bond donors (Lipinski definition) is 3. The Morgan fingerprint density at radius 2 is 1.87 bits per heavy atom. The van der Waals surface area contributed by atoms with Gasteiger partial charge < -0.3 is 21.5 Å². The first-order valence-corrected chi connectivity index (χ1v) is 7.83. The minimum absolute atomic E-state index is 0.115. The van der Waals surface area contributed by atoms with Crippen molar-refractivity contribution in [1.29, 1.82) is 0 Å². The van der Waals surface area contributed by atoms with Gasteiger partial charge >= 0.3 is 0 Å². The quantitative estimate of drug-likeness (QED) is 0.541. The summed E-state index contributed by atoms with van der Waals surface area (Å²) in [5.41, 5.74) is 12.2. The first-order valence-electron chi connectivity index (χ1n) is 6.95. The van der Waals surface area contributed by atoms with Crippen molar-refractivity contribution in [3.63, 3.8) is 0 Å². The number of nitrogens with two attached hydrogens (primary N) is 2. The molecule has 1 aromatic carbocycles. The lowest BCUT2D eigenvalue weighted by Crippen LogP contribution is -2.30. The van der Waals surface area contributed by atoms with Gasteiger partial charge in [0.1, 0.15) is 17.4 Å². The third-order valence-electron chi connectivity index (χ3n) is 3.02. The van der Waals surface area contributed by atoms with Crippen LogP contribution in [0.5, 0.6) is 5.75 Å². The predicted molar refractivity (Wildman–Crippen MR) is 91.0 cm³/mol. The smallest absolute Gasteiger partial charge is 0.233 e. The Morgan fingerprint density at radius 1 is 1.26 bits per heavy atom. The molecule has 1 aromatic heterocycles. The minimum atomic E-state index is -0.366. The highest BCUT2D eigenvalue weighted by Gasteiger charge is 2.16. The molecular formula is C15H19N5O2S. The van der Waals surface area contributed by atoms with Gasteiger partial charge in [0.25, 0.3) is 0 Å². The van der Waals surface area contributed by atoms with Crippen molar-refractivity contribution in [3.8, 4) is 5.75 Å². The second-order valence-electron chi connectivity index (χ2n) is 4.83. The molecule has 8 heteroatoms. The van der Waals surface area contributed by atoms with E-state index in [4.69, 9.17) is 16.2 Å². The number of nitrogens with one attached hydrogen (secondary N) is 1. The molecule has 0 aliphatic rings. The van der Waals surface area contributed by atoms with Gasteiger partial charge in [0.05, 0.1) is 12.4 Å². The normalized spacial score (nSPS) is 11.7. The van der Waals surface area contributed by atoms with Crippen LogP contribution in [0.25, 0.3) is 0 Å². The van der Waals surface area contributed by atoms with Crippen molar-refractivity contribution in [2.75, 3.05) is 18.6 Å². The molecule has 1 amide bonds. The van der Waals surface area contributed by atoms with Gasteiger partial charge in [-0.2, -0.15) is 0 Å². The number of thioether (sulfide) groups is 1. The molecule has 2 rings (SSSR count). The number of aromatic nitrogens is 2. The van der Waals surface area contributed by atoms with Crippen LogP contribution >= 0.6 is 11.8 Å². The Bertz CT molecular complexity index is 658. The van der Waals surface area contributed by atoms with Gasteiger partial charge in [-0.25, -0.2) is 9.97 Å². The van der Waals surface area contributed by atoms with Crippen molar-refractivity contribution in [3.05, 3.63) is 35.9 Å². The molecule has 0 fully saturated rings. The van der Waals surface area contributed by atoms with Crippen LogP contribution in [0.3, 0.4) is 0 Å². The van der Waals surface area contributed by atoms with E-state index < -0.39 is 0 Å². The van der Waals surface area contributed by atoms with Crippen LogP contribution in [-0.4, -0.2) is 28.2 Å².